The number of rotatable bonds is 9. The molecule has 3 heteroatoms. The van der Waals surface area contributed by atoms with Gasteiger partial charge in [0.15, 0.2) is 0 Å². The highest BCUT2D eigenvalue weighted by molar-refractivity contribution is 5.32. The third-order valence-corrected chi connectivity index (χ3v) is 3.27. The minimum atomic E-state index is 0.571. The van der Waals surface area contributed by atoms with Crippen LogP contribution in [0, 0.1) is 0 Å². The van der Waals surface area contributed by atoms with E-state index in [0.717, 1.165) is 31.7 Å². The van der Waals surface area contributed by atoms with Gasteiger partial charge in [-0.1, -0.05) is 31.5 Å². The molecule has 3 nitrogen and oxygen atoms in total. The van der Waals surface area contributed by atoms with E-state index >= 15 is 0 Å². The lowest BCUT2D eigenvalue weighted by Gasteiger charge is -2.17. The molecule has 0 bridgehead atoms. The Morgan fingerprint density at radius 1 is 1.28 bits per heavy atom. The van der Waals surface area contributed by atoms with Crippen molar-refractivity contribution in [2.75, 3.05) is 13.7 Å². The van der Waals surface area contributed by atoms with E-state index in [0.29, 0.717) is 6.04 Å². The number of benzene rings is 1. The molecule has 3 N–H and O–H groups in total. The van der Waals surface area contributed by atoms with Gasteiger partial charge in [-0.3, -0.25) is 0 Å². The zero-order chi connectivity index (χ0) is 13.2. The molecule has 0 aliphatic rings. The number of nitrogens with one attached hydrogen (secondary N) is 1. The molecule has 1 atom stereocenters. The van der Waals surface area contributed by atoms with Gasteiger partial charge in [-0.25, -0.2) is 0 Å². The second kappa shape index (κ2) is 8.95. The molecule has 0 saturated heterocycles. The van der Waals surface area contributed by atoms with Gasteiger partial charge in [0.05, 0.1) is 7.11 Å². The van der Waals surface area contributed by atoms with Gasteiger partial charge in [-0.15, -0.1) is 0 Å². The predicted octanol–water partition coefficient (Wildman–Crippen LogP) is 2.69. The lowest BCUT2D eigenvalue weighted by Crippen LogP contribution is -2.28. The number of nitrogens with two attached hydrogens (primary N) is 1. The fourth-order valence-electron chi connectivity index (χ4n) is 2.09. The Kier molecular flexibility index (Phi) is 7.46. The van der Waals surface area contributed by atoms with E-state index < -0.39 is 0 Å². The summed E-state index contributed by atoms with van der Waals surface area (Å²) in [5, 5.41) is 3.60. The molecule has 0 radical (unpaired) electrons. The third-order valence-electron chi connectivity index (χ3n) is 3.27. The zero-order valence-electron chi connectivity index (χ0n) is 11.6. The van der Waals surface area contributed by atoms with Gasteiger partial charge in [0, 0.05) is 18.2 Å². The van der Waals surface area contributed by atoms with Crippen molar-refractivity contribution >= 4 is 0 Å². The first-order chi connectivity index (χ1) is 8.81. The fraction of sp³-hybridized carbons (Fsp3) is 0.600. The van der Waals surface area contributed by atoms with Gasteiger partial charge in [0.1, 0.15) is 5.75 Å². The molecule has 0 aliphatic heterocycles. The van der Waals surface area contributed by atoms with Crippen LogP contribution in [-0.4, -0.2) is 19.7 Å². The lowest BCUT2D eigenvalue weighted by molar-refractivity contribution is 0.400. The molecule has 1 aromatic carbocycles. The van der Waals surface area contributed by atoms with Gasteiger partial charge in [-0.05, 0) is 31.9 Å². The van der Waals surface area contributed by atoms with Gasteiger partial charge < -0.3 is 15.8 Å². The Labute approximate surface area is 111 Å². The summed E-state index contributed by atoms with van der Waals surface area (Å²) in [5.41, 5.74) is 6.74. The minimum absolute atomic E-state index is 0.571. The molecule has 0 fully saturated rings. The van der Waals surface area contributed by atoms with Crippen LogP contribution < -0.4 is 15.8 Å². The Morgan fingerprint density at radius 3 is 2.72 bits per heavy atom. The predicted molar refractivity (Wildman–Crippen MR) is 76.8 cm³/mol. The molecule has 0 aliphatic carbocycles. The maximum absolute atomic E-state index is 5.52. The minimum Gasteiger partial charge on any atom is -0.496 e. The highest BCUT2D eigenvalue weighted by atomic mass is 16.5. The number of hydrogen-bond acceptors (Lipinski definition) is 3. The average Bonchev–Trinajstić information content (AvgIpc) is 2.43. The van der Waals surface area contributed by atoms with Crippen LogP contribution in [0.2, 0.25) is 0 Å². The summed E-state index contributed by atoms with van der Waals surface area (Å²) in [6.07, 6.45) is 4.67. The van der Waals surface area contributed by atoms with Crippen LogP contribution >= 0.6 is 0 Å². The quantitative estimate of drug-likeness (QED) is 0.662. The van der Waals surface area contributed by atoms with Crippen LogP contribution in [0.3, 0.4) is 0 Å². The summed E-state index contributed by atoms with van der Waals surface area (Å²) in [6, 6.07) is 8.74. The monoisotopic (exact) mass is 250 g/mol. The average molecular weight is 250 g/mol. The van der Waals surface area contributed by atoms with Crippen LogP contribution in [-0.2, 0) is 6.54 Å². The van der Waals surface area contributed by atoms with Crippen LogP contribution in [0.15, 0.2) is 24.3 Å². The van der Waals surface area contributed by atoms with Gasteiger partial charge in [0.2, 0.25) is 0 Å². The van der Waals surface area contributed by atoms with E-state index in [2.05, 4.69) is 24.4 Å². The number of methoxy groups -OCH3 is 1. The van der Waals surface area contributed by atoms with E-state index in [1.807, 2.05) is 12.1 Å². The first-order valence-electron chi connectivity index (χ1n) is 6.87. The second-order valence-electron chi connectivity index (χ2n) is 4.58. The number of unbranched alkanes of at least 4 members (excludes halogenated alkanes) is 1. The van der Waals surface area contributed by atoms with Crippen LogP contribution in [0.25, 0.3) is 0 Å². The van der Waals surface area contributed by atoms with E-state index in [1.54, 1.807) is 7.11 Å². The number of ether oxygens (including phenoxy) is 1. The van der Waals surface area contributed by atoms with Crippen molar-refractivity contribution in [3.63, 3.8) is 0 Å². The molecule has 0 spiro atoms. The third kappa shape index (κ3) is 5.07. The summed E-state index contributed by atoms with van der Waals surface area (Å²) in [6.45, 7) is 3.89. The topological polar surface area (TPSA) is 47.3 Å². The highest BCUT2D eigenvalue weighted by Gasteiger charge is 2.07. The maximum atomic E-state index is 5.52. The van der Waals surface area contributed by atoms with E-state index in [4.69, 9.17) is 10.5 Å². The van der Waals surface area contributed by atoms with Crippen LogP contribution in [0.5, 0.6) is 5.75 Å². The van der Waals surface area contributed by atoms with Crippen molar-refractivity contribution in [2.24, 2.45) is 5.73 Å². The van der Waals surface area contributed by atoms with Gasteiger partial charge in [-0.2, -0.15) is 0 Å². The van der Waals surface area contributed by atoms with E-state index in [9.17, 15) is 0 Å². The number of hydrogen-bond donors (Lipinski definition) is 2. The Hall–Kier alpha value is -1.06. The van der Waals surface area contributed by atoms with E-state index in [-0.39, 0.29) is 0 Å². The summed E-state index contributed by atoms with van der Waals surface area (Å²) >= 11 is 0. The van der Waals surface area contributed by atoms with Crippen molar-refractivity contribution in [3.8, 4) is 5.75 Å². The van der Waals surface area contributed by atoms with Gasteiger partial charge >= 0.3 is 0 Å². The SMILES string of the molecule is CCC(CCCCN)NCc1ccccc1OC. The summed E-state index contributed by atoms with van der Waals surface area (Å²) in [4.78, 5) is 0. The first-order valence-corrected chi connectivity index (χ1v) is 6.87. The van der Waals surface area contributed by atoms with E-state index in [1.165, 1.54) is 18.4 Å². The molecule has 0 heterocycles. The highest BCUT2D eigenvalue weighted by Crippen LogP contribution is 2.17. The normalized spacial score (nSPS) is 12.4. The number of para-hydroxylation sites is 1. The Bertz CT molecular complexity index is 328. The fourth-order valence-corrected chi connectivity index (χ4v) is 2.09. The molecule has 1 rings (SSSR count). The first kappa shape index (κ1) is 15.0. The lowest BCUT2D eigenvalue weighted by atomic mass is 10.1. The Balaban J connectivity index is 2.41. The molecule has 0 saturated carbocycles. The van der Waals surface area contributed by atoms with Crippen LogP contribution in [0.1, 0.15) is 38.2 Å². The van der Waals surface area contributed by atoms with Crippen molar-refractivity contribution in [3.05, 3.63) is 29.8 Å². The molecule has 0 aromatic heterocycles. The smallest absolute Gasteiger partial charge is 0.123 e. The second-order valence-corrected chi connectivity index (χ2v) is 4.58. The molecular weight excluding hydrogens is 224 g/mol. The van der Waals surface area contributed by atoms with Crippen molar-refractivity contribution < 1.29 is 4.74 Å². The molecule has 102 valence electrons. The molecule has 18 heavy (non-hydrogen) atoms. The zero-order valence-corrected chi connectivity index (χ0v) is 11.6. The summed E-state index contributed by atoms with van der Waals surface area (Å²) < 4.78 is 5.35. The maximum Gasteiger partial charge on any atom is 0.123 e. The standard InChI is InChI=1S/C15H26N2O/c1-3-14(9-6-7-11-16)17-12-13-8-4-5-10-15(13)18-2/h4-5,8,10,14,17H,3,6-7,9,11-12,16H2,1-2H3. The summed E-state index contributed by atoms with van der Waals surface area (Å²) in [7, 11) is 1.72. The molecule has 1 aromatic rings. The van der Waals surface area contributed by atoms with Crippen LogP contribution in [0.4, 0.5) is 0 Å². The van der Waals surface area contributed by atoms with Crippen molar-refractivity contribution in [2.45, 2.75) is 45.2 Å². The van der Waals surface area contributed by atoms with Crippen molar-refractivity contribution in [1.29, 1.82) is 0 Å². The van der Waals surface area contributed by atoms with Crippen molar-refractivity contribution in [1.82, 2.24) is 5.32 Å². The largest absolute Gasteiger partial charge is 0.496 e. The molecule has 1 unspecified atom stereocenters. The Morgan fingerprint density at radius 2 is 2.06 bits per heavy atom. The summed E-state index contributed by atoms with van der Waals surface area (Å²) in [5.74, 6) is 0.960. The molecular formula is C15H26N2O. The molecule has 0 amide bonds. The van der Waals surface area contributed by atoms with Gasteiger partial charge in [0.25, 0.3) is 0 Å².